The quantitative estimate of drug-likeness (QED) is 0.843. The van der Waals surface area contributed by atoms with Crippen molar-refractivity contribution in [1.82, 2.24) is 0 Å². The molecule has 1 saturated carbocycles. The highest BCUT2D eigenvalue weighted by Gasteiger charge is 2.52. The Bertz CT molecular complexity index is 306. The van der Waals surface area contributed by atoms with Crippen molar-refractivity contribution in [1.29, 1.82) is 0 Å². The predicted octanol–water partition coefficient (Wildman–Crippen LogP) is 3.07. The molecule has 1 N–H and O–H groups in total. The van der Waals surface area contributed by atoms with E-state index in [9.17, 15) is 5.11 Å². The number of hydrogen-bond donors (Lipinski definition) is 1. The molecule has 1 aliphatic rings. The van der Waals surface area contributed by atoms with Gasteiger partial charge < -0.3 is 5.11 Å². The van der Waals surface area contributed by atoms with Crippen LogP contribution < -0.4 is 0 Å². The minimum Gasteiger partial charge on any atom is -0.385 e. The second-order valence-corrected chi connectivity index (χ2v) is 4.66. The van der Waals surface area contributed by atoms with Gasteiger partial charge in [0.1, 0.15) is 0 Å². The third-order valence-corrected chi connectivity index (χ3v) is 3.44. The Kier molecular flexibility index (Phi) is 2.20. The molecule has 2 unspecified atom stereocenters. The van der Waals surface area contributed by atoms with Gasteiger partial charge in [0.25, 0.3) is 0 Å². The van der Waals surface area contributed by atoms with Gasteiger partial charge in [0.2, 0.25) is 0 Å². The summed E-state index contributed by atoms with van der Waals surface area (Å²) in [5, 5.41) is 10.1. The fourth-order valence-electron chi connectivity index (χ4n) is 1.89. The molecule has 70 valence electrons. The van der Waals surface area contributed by atoms with Crippen LogP contribution in [0.3, 0.4) is 0 Å². The highest BCUT2D eigenvalue weighted by Crippen LogP contribution is 2.53. The van der Waals surface area contributed by atoms with Crippen LogP contribution in [0.4, 0.5) is 0 Å². The van der Waals surface area contributed by atoms with E-state index < -0.39 is 5.60 Å². The first-order valence-corrected chi connectivity index (χ1v) is 5.44. The molecule has 13 heavy (non-hydrogen) atoms. The summed E-state index contributed by atoms with van der Waals surface area (Å²) >= 11 is 3.38. The van der Waals surface area contributed by atoms with Crippen LogP contribution in [0.1, 0.15) is 25.3 Å². The van der Waals surface area contributed by atoms with Gasteiger partial charge in [0, 0.05) is 4.47 Å². The lowest BCUT2D eigenvalue weighted by atomic mass is 10.1. The van der Waals surface area contributed by atoms with Gasteiger partial charge in [-0.1, -0.05) is 41.4 Å². The van der Waals surface area contributed by atoms with E-state index in [0.717, 1.165) is 22.9 Å². The summed E-state index contributed by atoms with van der Waals surface area (Å²) in [5.74, 6) is 0.466. The van der Waals surface area contributed by atoms with E-state index in [-0.39, 0.29) is 0 Å². The molecule has 1 aromatic rings. The van der Waals surface area contributed by atoms with Gasteiger partial charge in [-0.25, -0.2) is 0 Å². The monoisotopic (exact) mass is 240 g/mol. The first-order valence-electron chi connectivity index (χ1n) is 4.65. The molecular formula is C11H13BrO. The van der Waals surface area contributed by atoms with Crippen LogP contribution in [0.25, 0.3) is 0 Å². The summed E-state index contributed by atoms with van der Waals surface area (Å²) in [5.41, 5.74) is 0.540. The number of hydrogen-bond acceptors (Lipinski definition) is 1. The van der Waals surface area contributed by atoms with Crippen LogP contribution in [0.15, 0.2) is 28.7 Å². The lowest BCUT2D eigenvalue weighted by molar-refractivity contribution is 0.130. The number of rotatable bonds is 2. The molecule has 0 bridgehead atoms. The Labute approximate surface area is 86.9 Å². The summed E-state index contributed by atoms with van der Waals surface area (Å²) in [6.07, 6.45) is 1.98. The van der Waals surface area contributed by atoms with Gasteiger partial charge in [0.15, 0.2) is 0 Å². The molecular weight excluding hydrogens is 228 g/mol. The van der Waals surface area contributed by atoms with Crippen LogP contribution in [0.2, 0.25) is 0 Å². The summed E-state index contributed by atoms with van der Waals surface area (Å²) in [7, 11) is 0. The van der Waals surface area contributed by atoms with Crippen molar-refractivity contribution in [3.8, 4) is 0 Å². The van der Waals surface area contributed by atoms with Crippen molar-refractivity contribution in [2.75, 3.05) is 0 Å². The Balaban J connectivity index is 2.23. The molecule has 1 aromatic carbocycles. The van der Waals surface area contributed by atoms with Crippen LogP contribution in [0, 0.1) is 5.92 Å². The average Bonchev–Trinajstić information content (AvgIpc) is 2.80. The van der Waals surface area contributed by atoms with Crippen LogP contribution in [-0.4, -0.2) is 5.11 Å². The summed E-state index contributed by atoms with van der Waals surface area (Å²) in [6.45, 7) is 2.13. The molecule has 1 nitrogen and oxygen atoms in total. The van der Waals surface area contributed by atoms with E-state index in [1.807, 2.05) is 24.3 Å². The standard InChI is InChI=1S/C11H13BrO/c1-2-8-7-11(8,13)9-3-5-10(12)6-4-9/h3-6,8,13H,2,7H2,1H3. The zero-order valence-electron chi connectivity index (χ0n) is 7.63. The molecule has 1 aliphatic carbocycles. The largest absolute Gasteiger partial charge is 0.385 e. The van der Waals surface area contributed by atoms with Gasteiger partial charge in [-0.05, 0) is 30.0 Å². The van der Waals surface area contributed by atoms with Gasteiger partial charge in [-0.15, -0.1) is 0 Å². The maximum Gasteiger partial charge on any atom is 0.0929 e. The molecule has 2 rings (SSSR count). The molecule has 1 fully saturated rings. The molecule has 0 amide bonds. The van der Waals surface area contributed by atoms with Gasteiger partial charge in [-0.3, -0.25) is 0 Å². The van der Waals surface area contributed by atoms with Crippen LogP contribution >= 0.6 is 15.9 Å². The third kappa shape index (κ3) is 1.53. The van der Waals surface area contributed by atoms with Crippen molar-refractivity contribution in [3.05, 3.63) is 34.3 Å². The average molecular weight is 241 g/mol. The molecule has 0 aliphatic heterocycles. The van der Waals surface area contributed by atoms with E-state index in [1.54, 1.807) is 0 Å². The predicted molar refractivity (Wildman–Crippen MR) is 56.4 cm³/mol. The molecule has 2 atom stereocenters. The highest BCUT2D eigenvalue weighted by molar-refractivity contribution is 9.10. The van der Waals surface area contributed by atoms with Crippen LogP contribution in [-0.2, 0) is 5.60 Å². The van der Waals surface area contributed by atoms with Crippen molar-refractivity contribution in [2.45, 2.75) is 25.4 Å². The molecule has 0 spiro atoms. The highest BCUT2D eigenvalue weighted by atomic mass is 79.9. The Morgan fingerprint density at radius 2 is 2.08 bits per heavy atom. The third-order valence-electron chi connectivity index (χ3n) is 2.91. The van der Waals surface area contributed by atoms with E-state index in [0.29, 0.717) is 5.92 Å². The Morgan fingerprint density at radius 1 is 1.46 bits per heavy atom. The second-order valence-electron chi connectivity index (χ2n) is 3.74. The first-order chi connectivity index (χ1) is 6.16. The second kappa shape index (κ2) is 3.10. The SMILES string of the molecule is CCC1CC1(O)c1ccc(Br)cc1. The van der Waals surface area contributed by atoms with E-state index in [2.05, 4.69) is 22.9 Å². The first kappa shape index (κ1) is 9.22. The van der Waals surface area contributed by atoms with E-state index in [1.165, 1.54) is 0 Å². The smallest absolute Gasteiger partial charge is 0.0929 e. The lowest BCUT2D eigenvalue weighted by Crippen LogP contribution is -2.07. The minimum absolute atomic E-state index is 0.466. The zero-order valence-corrected chi connectivity index (χ0v) is 9.21. The Hall–Kier alpha value is -0.340. The van der Waals surface area contributed by atoms with Crippen molar-refractivity contribution in [2.24, 2.45) is 5.92 Å². The summed E-state index contributed by atoms with van der Waals surface area (Å²) in [6, 6.07) is 7.97. The molecule has 0 heterocycles. The lowest BCUT2D eigenvalue weighted by Gasteiger charge is -2.09. The maximum atomic E-state index is 10.1. The number of halogens is 1. The van der Waals surface area contributed by atoms with Crippen molar-refractivity contribution in [3.63, 3.8) is 0 Å². The van der Waals surface area contributed by atoms with Gasteiger partial charge in [-0.2, -0.15) is 0 Å². The zero-order chi connectivity index (χ0) is 9.47. The van der Waals surface area contributed by atoms with Crippen molar-refractivity contribution < 1.29 is 5.11 Å². The molecule has 0 aromatic heterocycles. The van der Waals surface area contributed by atoms with E-state index in [4.69, 9.17) is 0 Å². The topological polar surface area (TPSA) is 20.2 Å². The molecule has 2 heteroatoms. The molecule has 0 radical (unpaired) electrons. The molecule has 0 saturated heterocycles. The maximum absolute atomic E-state index is 10.1. The number of aliphatic hydroxyl groups is 1. The fraction of sp³-hybridized carbons (Fsp3) is 0.455. The van der Waals surface area contributed by atoms with Crippen molar-refractivity contribution >= 4 is 15.9 Å². The van der Waals surface area contributed by atoms with E-state index >= 15 is 0 Å². The minimum atomic E-state index is -0.518. The normalized spacial score (nSPS) is 31.8. The van der Waals surface area contributed by atoms with Gasteiger partial charge >= 0.3 is 0 Å². The fourth-order valence-corrected chi connectivity index (χ4v) is 2.16. The summed E-state index contributed by atoms with van der Waals surface area (Å²) < 4.78 is 1.06. The Morgan fingerprint density at radius 3 is 2.54 bits per heavy atom. The van der Waals surface area contributed by atoms with Crippen LogP contribution in [0.5, 0.6) is 0 Å². The van der Waals surface area contributed by atoms with Gasteiger partial charge in [0.05, 0.1) is 5.60 Å². The number of benzene rings is 1. The summed E-state index contributed by atoms with van der Waals surface area (Å²) in [4.78, 5) is 0.